The van der Waals surface area contributed by atoms with Crippen molar-refractivity contribution in [2.24, 2.45) is 4.99 Å². The smallest absolute Gasteiger partial charge is 0.253 e. The lowest BCUT2D eigenvalue weighted by Crippen LogP contribution is -2.42. The fraction of sp³-hybridized carbons (Fsp3) is 0.188. The van der Waals surface area contributed by atoms with Crippen LogP contribution in [0.4, 0.5) is 23.2 Å². The Labute approximate surface area is 164 Å². The minimum Gasteiger partial charge on any atom is -0.253 e. The van der Waals surface area contributed by atoms with Gasteiger partial charge in [-0.1, -0.05) is 29.3 Å². The quantitative estimate of drug-likeness (QED) is 0.521. The van der Waals surface area contributed by atoms with E-state index >= 15 is 0 Å². The molecule has 1 fully saturated rings. The number of halogens is 7. The van der Waals surface area contributed by atoms with E-state index in [4.69, 9.17) is 28.0 Å². The van der Waals surface area contributed by atoms with Gasteiger partial charge >= 0.3 is 6.18 Å². The summed E-state index contributed by atoms with van der Waals surface area (Å²) >= 11 is 14.7. The van der Waals surface area contributed by atoms with Crippen LogP contribution in [-0.2, 0) is 10.4 Å². The van der Waals surface area contributed by atoms with Gasteiger partial charge in [0, 0.05) is 10.0 Å². The first kappa shape index (κ1) is 19.4. The molecule has 0 saturated carbocycles. The summed E-state index contributed by atoms with van der Waals surface area (Å²) < 4.78 is 55.7. The number of hydrogen-bond donors (Lipinski definition) is 1. The van der Waals surface area contributed by atoms with Crippen LogP contribution in [0.1, 0.15) is 12.0 Å². The second-order valence-electron chi connectivity index (χ2n) is 5.50. The summed E-state index contributed by atoms with van der Waals surface area (Å²) in [6.07, 6.45) is -5.50. The summed E-state index contributed by atoms with van der Waals surface area (Å²) in [5, 5.41) is 0.0614. The standard InChI is InChI=1S/C16H9BrCl2F4N2O/c17-11-2-1-3-12(14(11)20)24-13-7-15(26-25-13,16(21,22)23)8-4-9(18)6-10(19)5-8/h1-6H,7H2,(H,24,25). The zero-order valence-corrected chi connectivity index (χ0v) is 15.8. The van der Waals surface area contributed by atoms with E-state index in [9.17, 15) is 17.6 Å². The molecule has 3 nitrogen and oxygen atoms in total. The highest BCUT2D eigenvalue weighted by molar-refractivity contribution is 9.10. The minimum atomic E-state index is -4.80. The molecule has 0 spiro atoms. The zero-order chi connectivity index (χ0) is 19.1. The molecular weight excluding hydrogens is 463 g/mol. The van der Waals surface area contributed by atoms with Crippen LogP contribution in [0.25, 0.3) is 0 Å². The SMILES string of the molecule is Fc1c(Br)cccc1N=C1CC(c2cc(Cl)cc(Cl)c2)(C(F)(F)F)ON1. The number of alkyl halides is 3. The predicted octanol–water partition coefficient (Wildman–Crippen LogP) is 6.31. The van der Waals surface area contributed by atoms with Gasteiger partial charge in [0.2, 0.25) is 5.60 Å². The molecule has 2 aromatic carbocycles. The highest BCUT2D eigenvalue weighted by atomic mass is 79.9. The van der Waals surface area contributed by atoms with Crippen LogP contribution in [0.2, 0.25) is 10.0 Å². The van der Waals surface area contributed by atoms with Gasteiger partial charge in [-0.3, -0.25) is 10.3 Å². The van der Waals surface area contributed by atoms with Crippen molar-refractivity contribution in [3.05, 3.63) is 62.3 Å². The molecule has 3 rings (SSSR count). The Bertz CT molecular complexity index is 871. The molecule has 1 N–H and O–H groups in total. The number of hydroxylamine groups is 1. The number of aliphatic imine (C=N–C) groups is 1. The van der Waals surface area contributed by atoms with Crippen molar-refractivity contribution in [1.29, 1.82) is 0 Å². The first-order chi connectivity index (χ1) is 12.1. The van der Waals surface area contributed by atoms with E-state index in [1.165, 1.54) is 24.3 Å². The largest absolute Gasteiger partial charge is 0.424 e. The Hall–Kier alpha value is -1.35. The summed E-state index contributed by atoms with van der Waals surface area (Å²) in [6.45, 7) is 0. The van der Waals surface area contributed by atoms with Crippen LogP contribution in [0, 0.1) is 5.82 Å². The van der Waals surface area contributed by atoms with Crippen molar-refractivity contribution in [2.45, 2.75) is 18.2 Å². The van der Waals surface area contributed by atoms with Crippen molar-refractivity contribution in [3.63, 3.8) is 0 Å². The van der Waals surface area contributed by atoms with Crippen molar-refractivity contribution in [3.8, 4) is 0 Å². The molecule has 2 aromatic rings. The van der Waals surface area contributed by atoms with Gasteiger partial charge in [0.15, 0.2) is 5.82 Å². The molecule has 0 aromatic heterocycles. The maximum atomic E-state index is 14.0. The van der Waals surface area contributed by atoms with Crippen molar-refractivity contribution in [2.75, 3.05) is 0 Å². The molecule has 10 heteroatoms. The van der Waals surface area contributed by atoms with E-state index in [-0.39, 0.29) is 31.6 Å². The molecule has 1 aliphatic heterocycles. The molecule has 1 unspecified atom stereocenters. The van der Waals surface area contributed by atoms with Gasteiger partial charge in [0.05, 0.1) is 10.9 Å². The Kier molecular flexibility index (Phi) is 5.22. The Morgan fingerprint density at radius 1 is 1.15 bits per heavy atom. The maximum Gasteiger partial charge on any atom is 0.424 e. The van der Waals surface area contributed by atoms with E-state index in [1.807, 2.05) is 0 Å². The lowest BCUT2D eigenvalue weighted by molar-refractivity contribution is -0.282. The summed E-state index contributed by atoms with van der Waals surface area (Å²) in [7, 11) is 0. The van der Waals surface area contributed by atoms with Crippen molar-refractivity contribution >= 4 is 50.7 Å². The van der Waals surface area contributed by atoms with E-state index in [1.54, 1.807) is 0 Å². The lowest BCUT2D eigenvalue weighted by atomic mass is 9.90. The summed E-state index contributed by atoms with van der Waals surface area (Å²) in [6, 6.07) is 7.84. The summed E-state index contributed by atoms with van der Waals surface area (Å²) in [4.78, 5) is 8.81. The number of rotatable bonds is 2. The Morgan fingerprint density at radius 3 is 2.42 bits per heavy atom. The number of benzene rings is 2. The first-order valence-corrected chi connectivity index (χ1v) is 8.66. The Morgan fingerprint density at radius 2 is 1.81 bits per heavy atom. The van der Waals surface area contributed by atoms with Gasteiger partial charge in [-0.05, 0) is 51.8 Å². The highest BCUT2D eigenvalue weighted by Crippen LogP contribution is 2.48. The molecule has 0 amide bonds. The summed E-state index contributed by atoms with van der Waals surface area (Å²) in [5.41, 5.74) is -1.01. The molecule has 1 saturated heterocycles. The number of amidine groups is 1. The topological polar surface area (TPSA) is 33.6 Å². The summed E-state index contributed by atoms with van der Waals surface area (Å²) in [5.74, 6) is -0.882. The van der Waals surface area contributed by atoms with Crippen LogP contribution in [0.15, 0.2) is 45.9 Å². The van der Waals surface area contributed by atoms with Crippen molar-refractivity contribution < 1.29 is 22.4 Å². The number of nitrogens with zero attached hydrogens (tertiary/aromatic N) is 1. The average Bonchev–Trinajstić information content (AvgIpc) is 2.96. The molecule has 0 bridgehead atoms. The molecule has 26 heavy (non-hydrogen) atoms. The monoisotopic (exact) mass is 470 g/mol. The van der Waals surface area contributed by atoms with Crippen LogP contribution in [0.5, 0.6) is 0 Å². The second-order valence-corrected chi connectivity index (χ2v) is 7.22. The van der Waals surface area contributed by atoms with Crippen LogP contribution >= 0.6 is 39.1 Å². The van der Waals surface area contributed by atoms with Crippen molar-refractivity contribution in [1.82, 2.24) is 5.48 Å². The third-order valence-corrected chi connectivity index (χ3v) is 4.78. The van der Waals surface area contributed by atoms with Gasteiger partial charge in [0.25, 0.3) is 0 Å². The first-order valence-electron chi connectivity index (χ1n) is 7.11. The number of hydrogen-bond acceptors (Lipinski definition) is 2. The van der Waals surface area contributed by atoms with E-state index in [2.05, 4.69) is 26.4 Å². The third kappa shape index (κ3) is 3.55. The van der Waals surface area contributed by atoms with Gasteiger partial charge in [0.1, 0.15) is 11.5 Å². The second kappa shape index (κ2) is 6.99. The maximum absolute atomic E-state index is 14.0. The van der Waals surface area contributed by atoms with Gasteiger partial charge in [-0.25, -0.2) is 9.38 Å². The predicted molar refractivity (Wildman–Crippen MR) is 94.2 cm³/mol. The average molecular weight is 472 g/mol. The van der Waals surface area contributed by atoms with Gasteiger partial charge < -0.3 is 0 Å². The zero-order valence-electron chi connectivity index (χ0n) is 12.7. The molecule has 1 aliphatic rings. The van der Waals surface area contributed by atoms with Crippen LogP contribution < -0.4 is 5.48 Å². The van der Waals surface area contributed by atoms with E-state index in [0.29, 0.717) is 0 Å². The van der Waals surface area contributed by atoms with Gasteiger partial charge in [-0.2, -0.15) is 13.2 Å². The fourth-order valence-electron chi connectivity index (χ4n) is 2.51. The third-order valence-electron chi connectivity index (χ3n) is 3.73. The molecule has 1 heterocycles. The van der Waals surface area contributed by atoms with Crippen LogP contribution in [-0.4, -0.2) is 12.0 Å². The highest BCUT2D eigenvalue weighted by Gasteiger charge is 2.62. The normalized spacial score (nSPS) is 21.9. The fourth-order valence-corrected chi connectivity index (χ4v) is 3.39. The molecule has 0 aliphatic carbocycles. The molecule has 1 atom stereocenters. The molecular formula is C16H9BrCl2F4N2O. The minimum absolute atomic E-state index is 0.0307. The van der Waals surface area contributed by atoms with Crippen LogP contribution in [0.3, 0.4) is 0 Å². The number of nitrogens with one attached hydrogen (secondary N) is 1. The molecule has 138 valence electrons. The Balaban J connectivity index is 2.04. The van der Waals surface area contributed by atoms with E-state index < -0.39 is 24.0 Å². The van der Waals surface area contributed by atoms with E-state index in [0.717, 1.165) is 12.1 Å². The molecule has 0 radical (unpaired) electrons. The lowest BCUT2D eigenvalue weighted by Gasteiger charge is -2.29. The van der Waals surface area contributed by atoms with Gasteiger partial charge in [-0.15, -0.1) is 0 Å².